The van der Waals surface area contributed by atoms with Gasteiger partial charge in [0.25, 0.3) is 0 Å². The van der Waals surface area contributed by atoms with Crippen molar-refractivity contribution in [2.45, 2.75) is 24.7 Å². The zero-order chi connectivity index (χ0) is 14.4. The fraction of sp³-hybridized carbons (Fsp3) is 0.400. The van der Waals surface area contributed by atoms with E-state index in [0.717, 1.165) is 17.2 Å². The normalized spacial score (nSPS) is 18.6. The number of nitrogens with one attached hydrogen (secondary N) is 1. The first kappa shape index (κ1) is 12.4. The number of carboxylic acid groups (broad SMARTS) is 1. The maximum atomic E-state index is 10.8. The van der Waals surface area contributed by atoms with Crippen molar-refractivity contribution in [3.63, 3.8) is 0 Å². The molecule has 1 saturated heterocycles. The molecule has 0 radical (unpaired) electrons. The van der Waals surface area contributed by atoms with Gasteiger partial charge in [-0.05, 0) is 18.4 Å². The minimum absolute atomic E-state index is 0.312. The number of rotatable bonds is 3. The van der Waals surface area contributed by atoms with E-state index in [-0.39, 0.29) is 0 Å². The SMILES string of the molecule is O=C(O)N1CC(c2ccc(-c3nc(C4CC4)n[nH]3)cc2)C1. The summed E-state index contributed by atoms with van der Waals surface area (Å²) in [4.78, 5) is 16.7. The van der Waals surface area contributed by atoms with Crippen LogP contribution in [-0.2, 0) is 0 Å². The summed E-state index contributed by atoms with van der Waals surface area (Å²) in [6, 6.07) is 8.16. The lowest BCUT2D eigenvalue weighted by atomic mass is 9.91. The molecule has 1 aromatic carbocycles. The van der Waals surface area contributed by atoms with Gasteiger partial charge in [-0.25, -0.2) is 9.78 Å². The Balaban J connectivity index is 1.47. The summed E-state index contributed by atoms with van der Waals surface area (Å²) in [7, 11) is 0. The molecule has 2 aromatic rings. The molecule has 0 atom stereocenters. The molecule has 108 valence electrons. The van der Waals surface area contributed by atoms with Crippen molar-refractivity contribution in [2.75, 3.05) is 13.1 Å². The van der Waals surface area contributed by atoms with Gasteiger partial charge in [0, 0.05) is 30.5 Å². The first-order chi connectivity index (χ1) is 10.2. The zero-order valence-electron chi connectivity index (χ0n) is 11.5. The second-order valence-electron chi connectivity index (χ2n) is 5.82. The van der Waals surface area contributed by atoms with Gasteiger partial charge in [-0.3, -0.25) is 5.10 Å². The van der Waals surface area contributed by atoms with E-state index in [0.29, 0.717) is 24.9 Å². The Kier molecular flexibility index (Phi) is 2.70. The molecular formula is C15H16N4O2. The molecule has 21 heavy (non-hydrogen) atoms. The van der Waals surface area contributed by atoms with Crippen LogP contribution in [0.15, 0.2) is 24.3 Å². The van der Waals surface area contributed by atoms with Gasteiger partial charge in [-0.1, -0.05) is 24.3 Å². The van der Waals surface area contributed by atoms with Gasteiger partial charge >= 0.3 is 6.09 Å². The van der Waals surface area contributed by atoms with Gasteiger partial charge in [-0.2, -0.15) is 5.10 Å². The van der Waals surface area contributed by atoms with E-state index < -0.39 is 6.09 Å². The molecular weight excluding hydrogens is 268 g/mol. The average Bonchev–Trinajstić information content (AvgIpc) is 3.16. The van der Waals surface area contributed by atoms with Crippen LogP contribution in [-0.4, -0.2) is 44.4 Å². The summed E-state index contributed by atoms with van der Waals surface area (Å²) >= 11 is 0. The third-order valence-corrected chi connectivity index (χ3v) is 4.25. The number of aromatic nitrogens is 3. The highest BCUT2D eigenvalue weighted by Gasteiger charge is 2.31. The molecule has 2 aliphatic rings. The van der Waals surface area contributed by atoms with E-state index in [4.69, 9.17) is 5.11 Å². The van der Waals surface area contributed by atoms with Crippen LogP contribution in [0.5, 0.6) is 0 Å². The fourth-order valence-corrected chi connectivity index (χ4v) is 2.69. The predicted octanol–water partition coefficient (Wildman–Crippen LogP) is 2.43. The largest absolute Gasteiger partial charge is 0.465 e. The molecule has 1 amide bonds. The van der Waals surface area contributed by atoms with Crippen molar-refractivity contribution in [1.29, 1.82) is 0 Å². The Morgan fingerprint density at radius 2 is 1.90 bits per heavy atom. The van der Waals surface area contributed by atoms with Crippen LogP contribution in [0.1, 0.15) is 36.1 Å². The third kappa shape index (κ3) is 2.26. The van der Waals surface area contributed by atoms with Gasteiger partial charge in [-0.15, -0.1) is 0 Å². The average molecular weight is 284 g/mol. The van der Waals surface area contributed by atoms with E-state index in [1.54, 1.807) is 0 Å². The molecule has 6 nitrogen and oxygen atoms in total. The molecule has 2 heterocycles. The highest BCUT2D eigenvalue weighted by Crippen LogP contribution is 2.38. The topological polar surface area (TPSA) is 82.1 Å². The maximum Gasteiger partial charge on any atom is 0.407 e. The van der Waals surface area contributed by atoms with Crippen molar-refractivity contribution in [1.82, 2.24) is 20.1 Å². The van der Waals surface area contributed by atoms with Gasteiger partial charge in [0.05, 0.1) is 0 Å². The van der Waals surface area contributed by atoms with Crippen molar-refractivity contribution >= 4 is 6.09 Å². The van der Waals surface area contributed by atoms with E-state index >= 15 is 0 Å². The molecule has 0 unspecified atom stereocenters. The lowest BCUT2D eigenvalue weighted by molar-refractivity contribution is 0.105. The lowest BCUT2D eigenvalue weighted by Gasteiger charge is -2.37. The number of hydrogen-bond donors (Lipinski definition) is 2. The summed E-state index contributed by atoms with van der Waals surface area (Å²) in [5.74, 6) is 2.59. The van der Waals surface area contributed by atoms with Crippen LogP contribution >= 0.6 is 0 Å². The van der Waals surface area contributed by atoms with Crippen LogP contribution in [0.3, 0.4) is 0 Å². The quantitative estimate of drug-likeness (QED) is 0.906. The summed E-state index contributed by atoms with van der Waals surface area (Å²) < 4.78 is 0. The number of likely N-dealkylation sites (tertiary alicyclic amines) is 1. The van der Waals surface area contributed by atoms with Crippen molar-refractivity contribution < 1.29 is 9.90 Å². The molecule has 2 fully saturated rings. The molecule has 1 aromatic heterocycles. The van der Waals surface area contributed by atoms with Crippen LogP contribution in [0.2, 0.25) is 0 Å². The Bertz CT molecular complexity index is 669. The Hall–Kier alpha value is -2.37. The van der Waals surface area contributed by atoms with Crippen molar-refractivity contribution in [2.24, 2.45) is 0 Å². The predicted molar refractivity (Wildman–Crippen MR) is 76.1 cm³/mol. The lowest BCUT2D eigenvalue weighted by Crippen LogP contribution is -2.47. The number of aromatic amines is 1. The molecule has 2 N–H and O–H groups in total. The standard InChI is InChI=1S/C15H16N4O2/c20-15(21)19-7-12(8-19)9-1-3-10(4-2-9)13-16-14(18-17-13)11-5-6-11/h1-4,11-12H,5-8H2,(H,20,21)(H,16,17,18). The second-order valence-corrected chi connectivity index (χ2v) is 5.82. The number of H-pyrrole nitrogens is 1. The second kappa shape index (κ2) is 4.58. The van der Waals surface area contributed by atoms with Gasteiger partial charge in [0.15, 0.2) is 11.6 Å². The number of nitrogens with zero attached hydrogens (tertiary/aromatic N) is 3. The zero-order valence-corrected chi connectivity index (χ0v) is 11.5. The molecule has 6 heteroatoms. The summed E-state index contributed by atoms with van der Waals surface area (Å²) in [6.45, 7) is 1.17. The highest BCUT2D eigenvalue weighted by atomic mass is 16.4. The van der Waals surface area contributed by atoms with Crippen LogP contribution < -0.4 is 0 Å². The molecule has 1 aliphatic carbocycles. The molecule has 0 bridgehead atoms. The minimum atomic E-state index is -0.836. The fourth-order valence-electron chi connectivity index (χ4n) is 2.69. The van der Waals surface area contributed by atoms with E-state index in [1.165, 1.54) is 23.3 Å². The van der Waals surface area contributed by atoms with Crippen molar-refractivity contribution in [3.05, 3.63) is 35.7 Å². The molecule has 1 aliphatic heterocycles. The maximum absolute atomic E-state index is 10.8. The minimum Gasteiger partial charge on any atom is -0.465 e. The van der Waals surface area contributed by atoms with E-state index in [1.807, 2.05) is 12.1 Å². The number of carbonyl (C=O) groups is 1. The Labute approximate surface area is 121 Å². The van der Waals surface area contributed by atoms with Crippen molar-refractivity contribution in [3.8, 4) is 11.4 Å². The number of amides is 1. The van der Waals surface area contributed by atoms with Crippen LogP contribution in [0.4, 0.5) is 4.79 Å². The smallest absolute Gasteiger partial charge is 0.407 e. The number of hydrogen-bond acceptors (Lipinski definition) is 3. The summed E-state index contributed by atoms with van der Waals surface area (Å²) in [6.07, 6.45) is 1.55. The monoisotopic (exact) mass is 284 g/mol. The van der Waals surface area contributed by atoms with Gasteiger partial charge < -0.3 is 10.0 Å². The Morgan fingerprint density at radius 3 is 2.52 bits per heavy atom. The van der Waals surface area contributed by atoms with E-state index in [2.05, 4.69) is 27.3 Å². The summed E-state index contributed by atoms with van der Waals surface area (Å²) in [5.41, 5.74) is 2.20. The third-order valence-electron chi connectivity index (χ3n) is 4.25. The van der Waals surface area contributed by atoms with Crippen LogP contribution in [0, 0.1) is 0 Å². The number of benzene rings is 1. The first-order valence-electron chi connectivity index (χ1n) is 7.21. The summed E-state index contributed by atoms with van der Waals surface area (Å²) in [5, 5.41) is 16.1. The first-order valence-corrected chi connectivity index (χ1v) is 7.21. The van der Waals surface area contributed by atoms with E-state index in [9.17, 15) is 4.79 Å². The van der Waals surface area contributed by atoms with Gasteiger partial charge in [0.2, 0.25) is 0 Å². The highest BCUT2D eigenvalue weighted by molar-refractivity contribution is 5.66. The molecule has 0 spiro atoms. The molecule has 4 rings (SSSR count). The molecule has 1 saturated carbocycles. The van der Waals surface area contributed by atoms with Gasteiger partial charge in [0.1, 0.15) is 0 Å². The Morgan fingerprint density at radius 1 is 1.19 bits per heavy atom. The van der Waals surface area contributed by atoms with Crippen LogP contribution in [0.25, 0.3) is 11.4 Å².